The van der Waals surface area contributed by atoms with Gasteiger partial charge in [-0.25, -0.2) is 0 Å². The molecule has 1 atom stereocenters. The Morgan fingerprint density at radius 3 is 2.62 bits per heavy atom. The summed E-state index contributed by atoms with van der Waals surface area (Å²) in [4.78, 5) is 14.2. The molecule has 3 N–H and O–H groups in total. The number of piperidine rings is 1. The summed E-state index contributed by atoms with van der Waals surface area (Å²) in [7, 11) is 0. The van der Waals surface area contributed by atoms with E-state index in [-0.39, 0.29) is 11.9 Å². The lowest BCUT2D eigenvalue weighted by molar-refractivity contribution is -0.122. The number of benzene rings is 1. The van der Waals surface area contributed by atoms with Crippen LogP contribution in [0.25, 0.3) is 0 Å². The standard InChI is InChI=1S/C17H27N3O/c1-14(18)13-17(21)19-16-8-11-20(12-9-16)10-7-15-5-3-2-4-6-15/h2-6,14,16H,7-13,18H2,1H3,(H,19,21). The van der Waals surface area contributed by atoms with Crippen molar-refractivity contribution in [2.45, 2.75) is 44.7 Å². The minimum absolute atomic E-state index is 0.0593. The zero-order valence-electron chi connectivity index (χ0n) is 12.9. The molecule has 1 heterocycles. The molecule has 1 fully saturated rings. The van der Waals surface area contributed by atoms with Crippen molar-refractivity contribution in [3.63, 3.8) is 0 Å². The minimum atomic E-state index is -0.0593. The van der Waals surface area contributed by atoms with Crippen molar-refractivity contribution in [3.8, 4) is 0 Å². The number of hydrogen-bond acceptors (Lipinski definition) is 3. The summed E-state index contributed by atoms with van der Waals surface area (Å²) in [5, 5.41) is 3.10. The van der Waals surface area contributed by atoms with Gasteiger partial charge in [0.25, 0.3) is 0 Å². The van der Waals surface area contributed by atoms with Gasteiger partial charge in [0.2, 0.25) is 5.91 Å². The van der Waals surface area contributed by atoms with Crippen LogP contribution in [0.4, 0.5) is 0 Å². The fraction of sp³-hybridized carbons (Fsp3) is 0.588. The fourth-order valence-electron chi connectivity index (χ4n) is 2.81. The van der Waals surface area contributed by atoms with Gasteiger partial charge in [0.1, 0.15) is 0 Å². The number of nitrogens with two attached hydrogens (primary N) is 1. The van der Waals surface area contributed by atoms with Gasteiger partial charge in [-0.1, -0.05) is 30.3 Å². The first-order valence-electron chi connectivity index (χ1n) is 7.94. The maximum absolute atomic E-state index is 11.7. The van der Waals surface area contributed by atoms with E-state index in [4.69, 9.17) is 5.73 Å². The molecular formula is C17H27N3O. The predicted octanol–water partition coefficient (Wildman–Crippen LogP) is 1.55. The summed E-state index contributed by atoms with van der Waals surface area (Å²) in [5.41, 5.74) is 7.04. The second-order valence-corrected chi connectivity index (χ2v) is 6.10. The van der Waals surface area contributed by atoms with Crippen LogP contribution in [0.15, 0.2) is 30.3 Å². The Kier molecular flexibility index (Phi) is 6.21. The molecule has 1 aromatic carbocycles. The number of amides is 1. The molecule has 2 rings (SSSR count). The van der Waals surface area contributed by atoms with Gasteiger partial charge in [-0.15, -0.1) is 0 Å². The van der Waals surface area contributed by atoms with E-state index < -0.39 is 0 Å². The number of likely N-dealkylation sites (tertiary alicyclic amines) is 1. The Morgan fingerprint density at radius 1 is 1.33 bits per heavy atom. The van der Waals surface area contributed by atoms with Crippen LogP contribution in [0, 0.1) is 0 Å². The number of carbonyl (C=O) groups is 1. The van der Waals surface area contributed by atoms with Crippen LogP contribution in [-0.4, -0.2) is 42.5 Å². The molecule has 0 aromatic heterocycles. The van der Waals surface area contributed by atoms with E-state index in [1.807, 2.05) is 6.92 Å². The Bertz CT molecular complexity index is 425. The van der Waals surface area contributed by atoms with Crippen LogP contribution in [0.1, 0.15) is 31.7 Å². The van der Waals surface area contributed by atoms with E-state index in [1.54, 1.807) is 0 Å². The van der Waals surface area contributed by atoms with Gasteiger partial charge < -0.3 is 16.0 Å². The molecule has 1 saturated heterocycles. The number of nitrogens with zero attached hydrogens (tertiary/aromatic N) is 1. The monoisotopic (exact) mass is 289 g/mol. The van der Waals surface area contributed by atoms with Gasteiger partial charge in [-0.3, -0.25) is 4.79 Å². The Balaban J connectivity index is 1.65. The first-order chi connectivity index (χ1) is 10.1. The molecular weight excluding hydrogens is 262 g/mol. The molecule has 0 aliphatic carbocycles. The highest BCUT2D eigenvalue weighted by Gasteiger charge is 2.20. The van der Waals surface area contributed by atoms with Crippen molar-refractivity contribution in [2.24, 2.45) is 5.73 Å². The zero-order valence-corrected chi connectivity index (χ0v) is 12.9. The van der Waals surface area contributed by atoms with Crippen LogP contribution in [0.3, 0.4) is 0 Å². The normalized spacial score (nSPS) is 18.4. The van der Waals surface area contributed by atoms with Crippen LogP contribution in [0.5, 0.6) is 0 Å². The highest BCUT2D eigenvalue weighted by Crippen LogP contribution is 2.11. The summed E-state index contributed by atoms with van der Waals surface area (Å²) >= 11 is 0. The van der Waals surface area contributed by atoms with E-state index in [0.717, 1.165) is 38.9 Å². The minimum Gasteiger partial charge on any atom is -0.353 e. The maximum atomic E-state index is 11.7. The lowest BCUT2D eigenvalue weighted by atomic mass is 10.0. The molecule has 0 spiro atoms. The smallest absolute Gasteiger partial charge is 0.221 e. The number of rotatable bonds is 6. The second-order valence-electron chi connectivity index (χ2n) is 6.10. The number of hydrogen-bond donors (Lipinski definition) is 2. The molecule has 4 nitrogen and oxygen atoms in total. The van der Waals surface area contributed by atoms with Crippen LogP contribution in [0.2, 0.25) is 0 Å². The molecule has 1 unspecified atom stereocenters. The summed E-state index contributed by atoms with van der Waals surface area (Å²) in [6.45, 7) is 5.10. The van der Waals surface area contributed by atoms with Crippen LogP contribution >= 0.6 is 0 Å². The third kappa shape index (κ3) is 5.86. The van der Waals surface area contributed by atoms with Crippen molar-refractivity contribution in [1.82, 2.24) is 10.2 Å². The first-order valence-corrected chi connectivity index (χ1v) is 7.94. The lowest BCUT2D eigenvalue weighted by Gasteiger charge is -2.32. The van der Waals surface area contributed by atoms with Crippen molar-refractivity contribution < 1.29 is 4.79 Å². The molecule has 4 heteroatoms. The molecule has 0 bridgehead atoms. The highest BCUT2D eigenvalue weighted by molar-refractivity contribution is 5.76. The zero-order chi connectivity index (χ0) is 15.1. The highest BCUT2D eigenvalue weighted by atomic mass is 16.1. The van der Waals surface area contributed by atoms with Crippen LogP contribution in [-0.2, 0) is 11.2 Å². The molecule has 116 valence electrons. The summed E-state index contributed by atoms with van der Waals surface area (Å²) < 4.78 is 0. The third-order valence-electron chi connectivity index (χ3n) is 4.02. The Hall–Kier alpha value is -1.39. The van der Waals surface area contributed by atoms with E-state index in [2.05, 4.69) is 40.5 Å². The Morgan fingerprint density at radius 2 is 2.00 bits per heavy atom. The SMILES string of the molecule is CC(N)CC(=O)NC1CCN(CCc2ccccc2)CC1. The van der Waals surface area contributed by atoms with Crippen molar-refractivity contribution in [2.75, 3.05) is 19.6 Å². The average molecular weight is 289 g/mol. The molecule has 1 aliphatic rings. The van der Waals surface area contributed by atoms with Crippen molar-refractivity contribution >= 4 is 5.91 Å². The molecule has 1 amide bonds. The summed E-state index contributed by atoms with van der Waals surface area (Å²) in [6, 6.07) is 10.9. The van der Waals surface area contributed by atoms with E-state index in [9.17, 15) is 4.79 Å². The molecule has 1 aromatic rings. The molecule has 1 aliphatic heterocycles. The van der Waals surface area contributed by atoms with Crippen LogP contribution < -0.4 is 11.1 Å². The first kappa shape index (κ1) is 16.0. The molecule has 21 heavy (non-hydrogen) atoms. The van der Waals surface area contributed by atoms with Gasteiger partial charge in [-0.05, 0) is 31.7 Å². The van der Waals surface area contributed by atoms with E-state index in [0.29, 0.717) is 12.5 Å². The van der Waals surface area contributed by atoms with Gasteiger partial charge in [0, 0.05) is 38.1 Å². The fourth-order valence-corrected chi connectivity index (χ4v) is 2.81. The number of nitrogens with one attached hydrogen (secondary N) is 1. The predicted molar refractivity (Wildman–Crippen MR) is 86.0 cm³/mol. The lowest BCUT2D eigenvalue weighted by Crippen LogP contribution is -2.45. The van der Waals surface area contributed by atoms with Crippen molar-refractivity contribution in [1.29, 1.82) is 0 Å². The topological polar surface area (TPSA) is 58.4 Å². The second kappa shape index (κ2) is 8.15. The van der Waals surface area contributed by atoms with Gasteiger partial charge >= 0.3 is 0 Å². The van der Waals surface area contributed by atoms with Gasteiger partial charge in [0.15, 0.2) is 0 Å². The summed E-state index contributed by atoms with van der Waals surface area (Å²) in [6.07, 6.45) is 3.61. The summed E-state index contributed by atoms with van der Waals surface area (Å²) in [5.74, 6) is 0.0905. The third-order valence-corrected chi connectivity index (χ3v) is 4.02. The molecule has 0 radical (unpaired) electrons. The van der Waals surface area contributed by atoms with E-state index in [1.165, 1.54) is 5.56 Å². The Labute approximate surface area is 127 Å². The maximum Gasteiger partial charge on any atom is 0.221 e. The van der Waals surface area contributed by atoms with Gasteiger partial charge in [-0.2, -0.15) is 0 Å². The number of carbonyl (C=O) groups excluding carboxylic acids is 1. The molecule has 0 saturated carbocycles. The average Bonchev–Trinajstić information content (AvgIpc) is 2.47. The van der Waals surface area contributed by atoms with Gasteiger partial charge in [0.05, 0.1) is 0 Å². The van der Waals surface area contributed by atoms with E-state index >= 15 is 0 Å². The van der Waals surface area contributed by atoms with Crippen molar-refractivity contribution in [3.05, 3.63) is 35.9 Å². The quantitative estimate of drug-likeness (QED) is 0.835. The largest absolute Gasteiger partial charge is 0.353 e.